The van der Waals surface area contributed by atoms with Gasteiger partial charge in [-0.25, -0.2) is 14.4 Å². The molecule has 3 aliphatic rings. The Morgan fingerprint density at radius 1 is 1.16 bits per heavy atom. The van der Waals surface area contributed by atoms with E-state index in [0.29, 0.717) is 11.4 Å². The number of likely N-dealkylation sites (N-methyl/N-ethyl adjacent to an activating group) is 1. The first kappa shape index (κ1) is 30.0. The highest BCUT2D eigenvalue weighted by Gasteiger charge is 2.36. The summed E-state index contributed by atoms with van der Waals surface area (Å²) >= 11 is 6.12. The van der Waals surface area contributed by atoms with Crippen LogP contribution < -0.4 is 5.32 Å². The molecule has 0 bridgehead atoms. The van der Waals surface area contributed by atoms with Gasteiger partial charge in [0.1, 0.15) is 17.5 Å². The summed E-state index contributed by atoms with van der Waals surface area (Å²) in [6.45, 7) is 5.50. The van der Waals surface area contributed by atoms with Crippen molar-refractivity contribution in [2.45, 2.75) is 45.1 Å². The lowest BCUT2D eigenvalue weighted by molar-refractivity contribution is -0.115. The number of likely N-dealkylation sites (tertiary alicyclic amines) is 1. The summed E-state index contributed by atoms with van der Waals surface area (Å²) in [5.74, 6) is 1.37. The molecule has 0 atom stereocenters. The van der Waals surface area contributed by atoms with Crippen molar-refractivity contribution < 1.29 is 9.18 Å². The number of imidazole rings is 1. The Morgan fingerprint density at radius 2 is 1.93 bits per heavy atom. The van der Waals surface area contributed by atoms with Gasteiger partial charge in [0.2, 0.25) is 0 Å². The number of nitrogens with zero attached hydrogens (tertiary/aromatic N) is 6. The Kier molecular flexibility index (Phi) is 8.77. The van der Waals surface area contributed by atoms with Crippen molar-refractivity contribution in [3.8, 4) is 11.3 Å². The maximum Gasteiger partial charge on any atom is 0.257 e. The number of nitrogens with one attached hydrogen (secondary N) is 1. The van der Waals surface area contributed by atoms with Gasteiger partial charge >= 0.3 is 0 Å². The zero-order valence-corrected chi connectivity index (χ0v) is 26.1. The zero-order valence-electron chi connectivity index (χ0n) is 25.4. The van der Waals surface area contributed by atoms with Crippen LogP contribution in [-0.2, 0) is 11.3 Å². The molecule has 0 spiro atoms. The van der Waals surface area contributed by atoms with Gasteiger partial charge in [-0.1, -0.05) is 18.5 Å². The lowest BCUT2D eigenvalue weighted by atomic mass is 9.92. The number of halogens is 2. The van der Waals surface area contributed by atoms with Crippen LogP contribution in [0.5, 0.6) is 0 Å². The maximum atomic E-state index is 13.9. The van der Waals surface area contributed by atoms with E-state index < -0.39 is 5.82 Å². The smallest absolute Gasteiger partial charge is 0.257 e. The van der Waals surface area contributed by atoms with E-state index in [9.17, 15) is 9.18 Å². The molecule has 8 nitrogen and oxygen atoms in total. The number of allylic oxidation sites excluding steroid dienone is 1. The van der Waals surface area contributed by atoms with Crippen LogP contribution in [0, 0.1) is 5.82 Å². The molecule has 228 valence electrons. The molecule has 3 aliphatic heterocycles. The lowest BCUT2D eigenvalue weighted by Crippen LogP contribution is -2.35. The number of amidine groups is 1. The summed E-state index contributed by atoms with van der Waals surface area (Å²) in [5.41, 5.74) is 6.44. The number of hydrogen-bond donors (Lipinski definition) is 1. The lowest BCUT2D eigenvalue weighted by Gasteiger charge is -2.36. The normalized spacial score (nSPS) is 18.5. The van der Waals surface area contributed by atoms with E-state index in [-0.39, 0.29) is 16.8 Å². The van der Waals surface area contributed by atoms with Crippen LogP contribution >= 0.6 is 11.6 Å². The molecule has 0 aliphatic carbocycles. The number of carbonyl (C=O) groups is 1. The van der Waals surface area contributed by atoms with Crippen molar-refractivity contribution in [1.82, 2.24) is 29.7 Å². The molecule has 2 aromatic heterocycles. The highest BCUT2D eigenvalue weighted by Crippen LogP contribution is 2.37. The summed E-state index contributed by atoms with van der Waals surface area (Å²) in [7, 11) is 4.13. The summed E-state index contributed by atoms with van der Waals surface area (Å²) in [6.07, 6.45) is 12.9. The first-order chi connectivity index (χ1) is 21.3. The molecule has 1 aromatic carbocycles. The number of rotatable bonds is 8. The third-order valence-electron chi connectivity index (χ3n) is 8.57. The molecule has 0 saturated carbocycles. The first-order valence-corrected chi connectivity index (χ1v) is 15.5. The molecule has 0 unspecified atom stereocenters. The SMILES string of the molecule is CCC1=CN=C2NC(=O)C(=Cc3ccncc3)C2=C(N2CCC(c3nc(-c4ccc(F)c(Cl)c4)cn3CCN(C)C)CC2)C1. The van der Waals surface area contributed by atoms with Gasteiger partial charge in [0, 0.05) is 80.1 Å². The van der Waals surface area contributed by atoms with Crippen LogP contribution in [0.25, 0.3) is 17.3 Å². The summed E-state index contributed by atoms with van der Waals surface area (Å²) in [6, 6.07) is 8.58. The Labute approximate surface area is 262 Å². The van der Waals surface area contributed by atoms with E-state index in [4.69, 9.17) is 21.6 Å². The number of amides is 1. The van der Waals surface area contributed by atoms with Gasteiger partial charge in [0.25, 0.3) is 5.91 Å². The molecule has 10 heteroatoms. The van der Waals surface area contributed by atoms with Gasteiger partial charge in [-0.2, -0.15) is 0 Å². The molecule has 1 amide bonds. The number of carbonyl (C=O) groups excluding carboxylic acids is 1. The first-order valence-electron chi connectivity index (χ1n) is 15.2. The van der Waals surface area contributed by atoms with Crippen molar-refractivity contribution in [3.63, 3.8) is 0 Å². The molecule has 1 N–H and O–H groups in total. The van der Waals surface area contributed by atoms with E-state index in [1.165, 1.54) is 11.6 Å². The van der Waals surface area contributed by atoms with Crippen LogP contribution in [0.1, 0.15) is 49.9 Å². The third-order valence-corrected chi connectivity index (χ3v) is 8.86. The van der Waals surface area contributed by atoms with Crippen molar-refractivity contribution >= 4 is 29.4 Å². The number of aromatic nitrogens is 3. The summed E-state index contributed by atoms with van der Waals surface area (Å²) in [5, 5.41) is 3.11. The highest BCUT2D eigenvalue weighted by atomic mass is 35.5. The molecule has 0 radical (unpaired) electrons. The van der Waals surface area contributed by atoms with Crippen molar-refractivity contribution in [2.75, 3.05) is 33.7 Å². The van der Waals surface area contributed by atoms with Gasteiger partial charge in [0.05, 0.1) is 16.3 Å². The molecule has 2 fully saturated rings. The van der Waals surface area contributed by atoms with E-state index in [1.807, 2.05) is 24.4 Å². The number of aliphatic imine (C=N–C) groups is 1. The van der Waals surface area contributed by atoms with E-state index >= 15 is 0 Å². The van der Waals surface area contributed by atoms with Crippen LogP contribution in [0.15, 0.2) is 82.5 Å². The number of benzene rings is 1. The average Bonchev–Trinajstić information content (AvgIpc) is 3.53. The minimum absolute atomic E-state index is 0.0961. The fraction of sp³-hybridized carbons (Fsp3) is 0.353. The molecule has 6 rings (SSSR count). The second-order valence-corrected chi connectivity index (χ2v) is 12.2. The second kappa shape index (κ2) is 12.9. The topological polar surface area (TPSA) is 78.6 Å². The minimum Gasteiger partial charge on any atom is -0.374 e. The minimum atomic E-state index is -0.434. The van der Waals surface area contributed by atoms with Crippen LogP contribution in [0.3, 0.4) is 0 Å². The fourth-order valence-electron chi connectivity index (χ4n) is 6.07. The third kappa shape index (κ3) is 6.25. The molecular weight excluding hydrogens is 577 g/mol. The number of hydrogen-bond acceptors (Lipinski definition) is 6. The van der Waals surface area contributed by atoms with Gasteiger partial charge in [-0.3, -0.25) is 9.78 Å². The molecule has 3 aromatic rings. The largest absolute Gasteiger partial charge is 0.374 e. The van der Waals surface area contributed by atoms with Crippen LogP contribution in [-0.4, -0.2) is 69.8 Å². The molecular formula is C34H37ClFN7O. The Hall–Kier alpha value is -4.08. The highest BCUT2D eigenvalue weighted by molar-refractivity contribution is 6.31. The quantitative estimate of drug-likeness (QED) is 0.313. The van der Waals surface area contributed by atoms with E-state index in [2.05, 4.69) is 51.9 Å². The van der Waals surface area contributed by atoms with Crippen molar-refractivity contribution in [3.05, 3.63) is 99.8 Å². The zero-order chi connectivity index (χ0) is 30.8. The molecule has 44 heavy (non-hydrogen) atoms. The summed E-state index contributed by atoms with van der Waals surface area (Å²) in [4.78, 5) is 31.7. The van der Waals surface area contributed by atoms with Crippen molar-refractivity contribution in [2.24, 2.45) is 4.99 Å². The molecule has 2 saturated heterocycles. The standard InChI is InChI=1S/C34H37ClFN7O/c1-4-22-18-30(31-26(17-23-7-11-37-12-8-23)34(44)40-32(31)38-20-22)42-13-9-24(10-14-42)33-39-29(21-43(33)16-15-41(2)3)25-5-6-28(36)27(35)19-25/h5-8,11-12,17,19-21,24H,4,9-10,13-16,18H2,1-3H3,(H,38,40,44). The Balaban J connectivity index is 1.30. The van der Waals surface area contributed by atoms with Gasteiger partial charge in [-0.15, -0.1) is 0 Å². The van der Waals surface area contributed by atoms with Gasteiger partial charge < -0.3 is 19.7 Å². The Morgan fingerprint density at radius 3 is 2.64 bits per heavy atom. The predicted octanol–water partition coefficient (Wildman–Crippen LogP) is 6.04. The monoisotopic (exact) mass is 613 g/mol. The number of piperidine rings is 1. The number of pyridine rings is 1. The van der Waals surface area contributed by atoms with Crippen LogP contribution in [0.2, 0.25) is 5.02 Å². The van der Waals surface area contributed by atoms with E-state index in [1.54, 1.807) is 24.5 Å². The number of fused-ring (bicyclic) bond motifs is 1. The second-order valence-electron chi connectivity index (χ2n) is 11.8. The van der Waals surface area contributed by atoms with E-state index in [0.717, 1.165) is 85.8 Å². The molecule has 5 heterocycles. The maximum absolute atomic E-state index is 13.9. The predicted molar refractivity (Wildman–Crippen MR) is 173 cm³/mol. The van der Waals surface area contributed by atoms with Crippen molar-refractivity contribution in [1.29, 1.82) is 0 Å². The van der Waals surface area contributed by atoms with Gasteiger partial charge in [-0.05, 0) is 80.9 Å². The summed E-state index contributed by atoms with van der Waals surface area (Å²) < 4.78 is 16.1. The fourth-order valence-corrected chi connectivity index (χ4v) is 6.25. The van der Waals surface area contributed by atoms with Crippen LogP contribution in [0.4, 0.5) is 4.39 Å². The van der Waals surface area contributed by atoms with Gasteiger partial charge in [0.15, 0.2) is 0 Å². The average molecular weight is 614 g/mol. The Bertz CT molecular complexity index is 1680.